The van der Waals surface area contributed by atoms with Crippen LogP contribution in [0.1, 0.15) is 32.5 Å². The van der Waals surface area contributed by atoms with Gasteiger partial charge in [-0.25, -0.2) is 4.98 Å². The fraction of sp³-hybridized carbons (Fsp3) is 0.500. The Balaban J connectivity index is 2.21. The average molecular weight is 231 g/mol. The summed E-state index contributed by atoms with van der Waals surface area (Å²) in [5, 5.41) is 0. The van der Waals surface area contributed by atoms with Crippen molar-refractivity contribution in [2.45, 2.75) is 45.7 Å². The summed E-state index contributed by atoms with van der Waals surface area (Å²) < 4.78 is 2.30. The normalized spacial score (nSPS) is 13.1. The molecule has 1 aromatic heterocycles. The molecule has 2 N–H and O–H groups in total. The predicted octanol–water partition coefficient (Wildman–Crippen LogP) is 2.73. The Hall–Kier alpha value is -1.35. The van der Waals surface area contributed by atoms with Crippen LogP contribution < -0.4 is 5.73 Å². The van der Waals surface area contributed by atoms with Crippen molar-refractivity contribution in [3.63, 3.8) is 0 Å². The average Bonchev–Trinajstić information content (AvgIpc) is 2.66. The molecule has 0 aliphatic carbocycles. The minimum Gasteiger partial charge on any atom is -0.328 e. The molecule has 0 saturated heterocycles. The minimum atomic E-state index is 0.287. The van der Waals surface area contributed by atoms with E-state index in [1.807, 2.05) is 6.07 Å². The highest BCUT2D eigenvalue weighted by molar-refractivity contribution is 5.75. The van der Waals surface area contributed by atoms with Gasteiger partial charge in [0.25, 0.3) is 0 Å². The molecule has 1 aromatic carbocycles. The van der Waals surface area contributed by atoms with Crippen molar-refractivity contribution >= 4 is 11.0 Å². The molecule has 0 bridgehead atoms. The maximum absolute atomic E-state index is 5.78. The summed E-state index contributed by atoms with van der Waals surface area (Å²) in [7, 11) is 0. The summed E-state index contributed by atoms with van der Waals surface area (Å²) in [6, 6.07) is 8.62. The molecule has 0 spiro atoms. The molecule has 3 heteroatoms. The molecule has 2 rings (SSSR count). The molecule has 0 aliphatic rings. The van der Waals surface area contributed by atoms with Gasteiger partial charge in [-0.15, -0.1) is 0 Å². The summed E-state index contributed by atoms with van der Waals surface area (Å²) in [4.78, 5) is 4.70. The van der Waals surface area contributed by atoms with Crippen molar-refractivity contribution < 1.29 is 0 Å². The van der Waals surface area contributed by atoms with Gasteiger partial charge >= 0.3 is 0 Å². The minimum absolute atomic E-state index is 0.287. The Bertz CT molecular complexity index is 485. The summed E-state index contributed by atoms with van der Waals surface area (Å²) in [5.74, 6) is 1.19. The molecule has 92 valence electrons. The van der Waals surface area contributed by atoms with E-state index in [2.05, 4.69) is 36.6 Å². The Morgan fingerprint density at radius 2 is 2.12 bits per heavy atom. The second kappa shape index (κ2) is 5.32. The van der Waals surface area contributed by atoms with E-state index in [4.69, 9.17) is 10.7 Å². The second-order valence-corrected chi connectivity index (χ2v) is 4.63. The number of benzene rings is 1. The predicted molar refractivity (Wildman–Crippen MR) is 72.0 cm³/mol. The maximum Gasteiger partial charge on any atom is 0.109 e. The molecule has 0 aliphatic heterocycles. The number of rotatable bonds is 5. The van der Waals surface area contributed by atoms with Crippen LogP contribution in [0.25, 0.3) is 11.0 Å². The van der Waals surface area contributed by atoms with E-state index in [-0.39, 0.29) is 6.04 Å². The number of nitrogens with two attached hydrogens (primary N) is 1. The monoisotopic (exact) mass is 231 g/mol. The van der Waals surface area contributed by atoms with Crippen molar-refractivity contribution in [2.75, 3.05) is 0 Å². The number of aromatic nitrogens is 2. The van der Waals surface area contributed by atoms with Crippen LogP contribution in [0.15, 0.2) is 24.3 Å². The number of imidazole rings is 1. The smallest absolute Gasteiger partial charge is 0.109 e. The summed E-state index contributed by atoms with van der Waals surface area (Å²) in [6.45, 7) is 5.21. The van der Waals surface area contributed by atoms with Crippen molar-refractivity contribution in [1.82, 2.24) is 9.55 Å². The first-order valence-corrected chi connectivity index (χ1v) is 6.42. The van der Waals surface area contributed by atoms with Gasteiger partial charge in [-0.1, -0.05) is 12.1 Å². The van der Waals surface area contributed by atoms with Gasteiger partial charge in [-0.3, -0.25) is 0 Å². The number of hydrogen-bond acceptors (Lipinski definition) is 2. The van der Waals surface area contributed by atoms with Gasteiger partial charge in [0.1, 0.15) is 5.82 Å². The fourth-order valence-electron chi connectivity index (χ4n) is 2.25. The Kier molecular flexibility index (Phi) is 3.79. The van der Waals surface area contributed by atoms with Gasteiger partial charge < -0.3 is 10.3 Å². The lowest BCUT2D eigenvalue weighted by Crippen LogP contribution is -2.15. The third-order valence-corrected chi connectivity index (χ3v) is 3.11. The van der Waals surface area contributed by atoms with Gasteiger partial charge in [-0.05, 0) is 38.8 Å². The first-order chi connectivity index (χ1) is 8.22. The molecule has 3 nitrogen and oxygen atoms in total. The van der Waals surface area contributed by atoms with Gasteiger partial charge in [0.15, 0.2) is 0 Å². The quantitative estimate of drug-likeness (QED) is 0.860. The highest BCUT2D eigenvalue weighted by Crippen LogP contribution is 2.17. The van der Waals surface area contributed by atoms with E-state index in [1.54, 1.807) is 0 Å². The molecule has 1 heterocycles. The van der Waals surface area contributed by atoms with Crippen molar-refractivity contribution in [3.8, 4) is 0 Å². The molecule has 1 atom stereocenters. The SMILES string of the molecule is CCn1c(CCCC(C)N)nc2ccccc21. The van der Waals surface area contributed by atoms with E-state index in [0.717, 1.165) is 31.3 Å². The van der Waals surface area contributed by atoms with E-state index in [9.17, 15) is 0 Å². The van der Waals surface area contributed by atoms with Gasteiger partial charge in [-0.2, -0.15) is 0 Å². The first-order valence-electron chi connectivity index (χ1n) is 6.42. The molecular weight excluding hydrogens is 210 g/mol. The molecule has 0 radical (unpaired) electrons. The van der Waals surface area contributed by atoms with Crippen molar-refractivity contribution in [1.29, 1.82) is 0 Å². The number of para-hydroxylation sites is 2. The maximum atomic E-state index is 5.78. The summed E-state index contributed by atoms with van der Waals surface area (Å²) >= 11 is 0. The van der Waals surface area contributed by atoms with Crippen LogP contribution in [0, 0.1) is 0 Å². The van der Waals surface area contributed by atoms with Gasteiger partial charge in [0.05, 0.1) is 11.0 Å². The molecule has 0 amide bonds. The van der Waals surface area contributed by atoms with Crippen LogP contribution in [-0.2, 0) is 13.0 Å². The number of hydrogen-bond donors (Lipinski definition) is 1. The van der Waals surface area contributed by atoms with E-state index in [0.29, 0.717) is 0 Å². The third kappa shape index (κ3) is 2.67. The largest absolute Gasteiger partial charge is 0.328 e. The van der Waals surface area contributed by atoms with Crippen LogP contribution in [0.5, 0.6) is 0 Å². The zero-order valence-corrected chi connectivity index (χ0v) is 10.7. The molecule has 0 saturated carbocycles. The Morgan fingerprint density at radius 1 is 1.35 bits per heavy atom. The Labute approximate surface area is 103 Å². The summed E-state index contributed by atoms with van der Waals surface area (Å²) in [5.41, 5.74) is 8.12. The van der Waals surface area contributed by atoms with E-state index >= 15 is 0 Å². The van der Waals surface area contributed by atoms with Crippen LogP contribution in [0.2, 0.25) is 0 Å². The van der Waals surface area contributed by atoms with E-state index in [1.165, 1.54) is 11.3 Å². The second-order valence-electron chi connectivity index (χ2n) is 4.63. The summed E-state index contributed by atoms with van der Waals surface area (Å²) in [6.07, 6.45) is 3.19. The highest BCUT2D eigenvalue weighted by Gasteiger charge is 2.08. The van der Waals surface area contributed by atoms with Crippen LogP contribution in [-0.4, -0.2) is 15.6 Å². The number of nitrogens with zero attached hydrogens (tertiary/aromatic N) is 2. The van der Waals surface area contributed by atoms with Gasteiger partial charge in [0.2, 0.25) is 0 Å². The fourth-order valence-corrected chi connectivity index (χ4v) is 2.25. The third-order valence-electron chi connectivity index (χ3n) is 3.11. The molecule has 1 unspecified atom stereocenters. The first kappa shape index (κ1) is 12.1. The van der Waals surface area contributed by atoms with E-state index < -0.39 is 0 Å². The zero-order valence-electron chi connectivity index (χ0n) is 10.7. The highest BCUT2D eigenvalue weighted by atomic mass is 15.1. The molecule has 0 fully saturated rings. The van der Waals surface area contributed by atoms with Crippen molar-refractivity contribution in [3.05, 3.63) is 30.1 Å². The number of aryl methyl sites for hydroxylation is 2. The molecule has 17 heavy (non-hydrogen) atoms. The lowest BCUT2D eigenvalue weighted by atomic mass is 10.1. The van der Waals surface area contributed by atoms with Gasteiger partial charge in [0, 0.05) is 19.0 Å². The lowest BCUT2D eigenvalue weighted by molar-refractivity contribution is 0.598. The zero-order chi connectivity index (χ0) is 12.3. The lowest BCUT2D eigenvalue weighted by Gasteiger charge is -2.07. The van der Waals surface area contributed by atoms with Crippen LogP contribution >= 0.6 is 0 Å². The Morgan fingerprint density at radius 3 is 2.82 bits per heavy atom. The molecular formula is C14H21N3. The van der Waals surface area contributed by atoms with Crippen LogP contribution in [0.3, 0.4) is 0 Å². The topological polar surface area (TPSA) is 43.8 Å². The van der Waals surface area contributed by atoms with Crippen LogP contribution in [0.4, 0.5) is 0 Å². The van der Waals surface area contributed by atoms with Crippen molar-refractivity contribution in [2.24, 2.45) is 5.73 Å². The number of fused-ring (bicyclic) bond motifs is 1. The standard InChI is InChI=1S/C14H21N3/c1-3-17-13-9-5-4-8-12(13)16-14(17)10-6-7-11(2)15/h4-5,8-9,11H,3,6-7,10,15H2,1-2H3. The molecule has 2 aromatic rings.